The zero-order valence-electron chi connectivity index (χ0n) is 35.7. The summed E-state index contributed by atoms with van der Waals surface area (Å²) in [6, 6.07) is 35.5. The third-order valence-electron chi connectivity index (χ3n) is 10.4. The number of aromatic nitrogens is 2. The van der Waals surface area contributed by atoms with Crippen LogP contribution >= 0.6 is 20.7 Å². The van der Waals surface area contributed by atoms with Gasteiger partial charge in [-0.1, -0.05) is 72.8 Å². The minimum atomic E-state index is -1.69. The quantitative estimate of drug-likeness (QED) is 0.0322. The molecule has 5 aromatic rings. The largest absolute Gasteiger partial charge is 0.497 e. The third-order valence-corrected chi connectivity index (χ3v) is 12.8. The molecule has 0 saturated carbocycles. The lowest BCUT2D eigenvalue weighted by atomic mass is 9.80. The fourth-order valence-electron chi connectivity index (χ4n) is 7.44. The van der Waals surface area contributed by atoms with E-state index >= 15 is 0 Å². The third kappa shape index (κ3) is 11.1. The van der Waals surface area contributed by atoms with Crippen molar-refractivity contribution in [3.8, 4) is 11.5 Å². The predicted molar refractivity (Wildman–Crippen MR) is 243 cm³/mol. The highest BCUT2D eigenvalue weighted by molar-refractivity contribution is 7.80. The maximum absolute atomic E-state index is 13.3. The smallest absolute Gasteiger partial charge is 0.330 e. The van der Waals surface area contributed by atoms with Crippen molar-refractivity contribution in [3.05, 3.63) is 158 Å². The van der Waals surface area contributed by atoms with Crippen molar-refractivity contribution in [1.29, 1.82) is 0 Å². The van der Waals surface area contributed by atoms with E-state index in [4.69, 9.17) is 40.2 Å². The minimum Gasteiger partial charge on any atom is -0.497 e. The molecule has 4 atom stereocenters. The van der Waals surface area contributed by atoms with Crippen LogP contribution in [0.1, 0.15) is 62.6 Å². The van der Waals surface area contributed by atoms with Crippen LogP contribution in [0.5, 0.6) is 11.5 Å². The van der Waals surface area contributed by atoms with Gasteiger partial charge in [-0.3, -0.25) is 14.3 Å². The lowest BCUT2D eigenvalue weighted by Crippen LogP contribution is -2.40. The summed E-state index contributed by atoms with van der Waals surface area (Å²) in [5.74, 6) is 1.41. The van der Waals surface area contributed by atoms with Crippen molar-refractivity contribution < 1.29 is 28.0 Å². The summed E-state index contributed by atoms with van der Waals surface area (Å²) < 4.78 is 42.5. The zero-order valence-corrected chi connectivity index (χ0v) is 37.4. The molecule has 3 N–H and O–H groups in total. The van der Waals surface area contributed by atoms with Crippen LogP contribution in [0, 0.1) is 6.92 Å². The van der Waals surface area contributed by atoms with Gasteiger partial charge in [0.15, 0.2) is 5.11 Å². The predicted octanol–water partition coefficient (Wildman–Crippen LogP) is 7.89. The number of anilines is 1. The van der Waals surface area contributed by atoms with Crippen LogP contribution < -0.4 is 31.4 Å². The highest BCUT2D eigenvalue weighted by Crippen LogP contribution is 2.50. The fourth-order valence-corrected chi connectivity index (χ4v) is 9.42. The SMILES string of the molecule is COc1ccc(C(OC[C@H]2O[C@@H](n3cc(C)c(=O)[nH]c3=O)C[C@@H]2OP(OCCNC(=S)Nc2ccccc2)N(C(C)C)C(C)C)(c2ccccc2)c2ccc(OC)cc2)cc1. The molecule has 4 aromatic carbocycles. The van der Waals surface area contributed by atoms with Gasteiger partial charge in [-0.05, 0) is 99.9 Å². The minimum absolute atomic E-state index is 0.0404. The number of H-pyrrole nitrogens is 1. The van der Waals surface area contributed by atoms with E-state index in [2.05, 4.69) is 48.0 Å². The van der Waals surface area contributed by atoms with Crippen LogP contribution in [0.2, 0.25) is 0 Å². The van der Waals surface area contributed by atoms with Gasteiger partial charge in [0, 0.05) is 42.5 Å². The molecule has 1 fully saturated rings. The van der Waals surface area contributed by atoms with Gasteiger partial charge >= 0.3 is 5.69 Å². The van der Waals surface area contributed by atoms with E-state index < -0.39 is 43.8 Å². The van der Waals surface area contributed by atoms with Crippen molar-refractivity contribution in [3.63, 3.8) is 0 Å². The number of benzene rings is 4. The second kappa shape index (κ2) is 21.2. The summed E-state index contributed by atoms with van der Waals surface area (Å²) in [7, 11) is 1.58. The van der Waals surface area contributed by atoms with E-state index in [0.717, 1.165) is 22.4 Å². The van der Waals surface area contributed by atoms with E-state index in [-0.39, 0.29) is 25.1 Å². The average molecular weight is 870 g/mol. The van der Waals surface area contributed by atoms with Crippen molar-refractivity contribution in [1.82, 2.24) is 19.5 Å². The first kappa shape index (κ1) is 45.6. The first-order chi connectivity index (χ1) is 29.4. The van der Waals surface area contributed by atoms with E-state index in [0.29, 0.717) is 35.3 Å². The lowest BCUT2D eigenvalue weighted by molar-refractivity contribution is -0.0926. The van der Waals surface area contributed by atoms with Crippen LogP contribution in [-0.2, 0) is 24.1 Å². The van der Waals surface area contributed by atoms with Crippen molar-refractivity contribution in [2.75, 3.05) is 39.3 Å². The lowest BCUT2D eigenvalue weighted by Gasteiger charge is -2.39. The summed E-state index contributed by atoms with van der Waals surface area (Å²) in [4.78, 5) is 28.2. The number of aryl methyl sites for hydroxylation is 1. The van der Waals surface area contributed by atoms with Crippen LogP contribution in [0.3, 0.4) is 0 Å². The molecule has 0 bridgehead atoms. The molecule has 61 heavy (non-hydrogen) atoms. The highest BCUT2D eigenvalue weighted by Gasteiger charge is 2.45. The Morgan fingerprint density at radius 3 is 1.98 bits per heavy atom. The van der Waals surface area contributed by atoms with E-state index in [1.54, 1.807) is 21.1 Å². The topological polar surface area (TPSA) is 138 Å². The van der Waals surface area contributed by atoms with Crippen molar-refractivity contribution in [2.24, 2.45) is 0 Å². The Morgan fingerprint density at radius 1 is 0.869 bits per heavy atom. The van der Waals surface area contributed by atoms with Crippen LogP contribution in [0.25, 0.3) is 0 Å². The van der Waals surface area contributed by atoms with Crippen molar-refractivity contribution >= 4 is 31.5 Å². The van der Waals surface area contributed by atoms with Gasteiger partial charge in [-0.25, -0.2) is 9.46 Å². The molecule has 1 aliphatic rings. The first-order valence-electron chi connectivity index (χ1n) is 20.4. The monoisotopic (exact) mass is 869 g/mol. The Balaban J connectivity index is 1.35. The number of nitrogens with zero attached hydrogens (tertiary/aromatic N) is 2. The maximum Gasteiger partial charge on any atom is 0.330 e. The van der Waals surface area contributed by atoms with Crippen molar-refractivity contribution in [2.45, 2.75) is 77.2 Å². The Morgan fingerprint density at radius 2 is 1.43 bits per heavy atom. The van der Waals surface area contributed by atoms with Crippen LogP contribution in [0.15, 0.2) is 125 Å². The van der Waals surface area contributed by atoms with Gasteiger partial charge < -0.3 is 38.6 Å². The summed E-state index contributed by atoms with van der Waals surface area (Å²) in [5.41, 5.74) is 1.69. The molecule has 1 unspecified atom stereocenters. The molecule has 324 valence electrons. The molecular weight excluding hydrogens is 814 g/mol. The van der Waals surface area contributed by atoms with E-state index in [1.165, 1.54) is 10.8 Å². The first-order valence-corrected chi connectivity index (χ1v) is 21.9. The van der Waals surface area contributed by atoms with Gasteiger partial charge in [-0.2, -0.15) is 0 Å². The molecule has 1 aliphatic heterocycles. The number of hydrogen-bond acceptors (Lipinski definition) is 10. The summed E-state index contributed by atoms with van der Waals surface area (Å²) >= 11 is 5.55. The molecule has 6 rings (SSSR count). The molecule has 1 saturated heterocycles. The summed E-state index contributed by atoms with van der Waals surface area (Å²) in [6.07, 6.45) is -0.274. The van der Waals surface area contributed by atoms with Gasteiger partial charge in [0.2, 0.25) is 0 Å². The zero-order chi connectivity index (χ0) is 43.5. The molecule has 2 heterocycles. The van der Waals surface area contributed by atoms with Gasteiger partial charge in [-0.15, -0.1) is 0 Å². The van der Waals surface area contributed by atoms with Gasteiger partial charge in [0.1, 0.15) is 29.4 Å². The average Bonchev–Trinajstić information content (AvgIpc) is 3.66. The summed E-state index contributed by atoms with van der Waals surface area (Å²) in [5, 5.41) is 6.91. The molecule has 0 aliphatic carbocycles. The highest BCUT2D eigenvalue weighted by atomic mass is 32.1. The second-order valence-corrected chi connectivity index (χ2v) is 17.0. The fraction of sp³-hybridized carbons (Fsp3) is 0.370. The molecule has 13 nitrogen and oxygen atoms in total. The Kier molecular flexibility index (Phi) is 15.9. The Hall–Kier alpha value is -4.92. The molecule has 15 heteroatoms. The normalized spacial score (nSPS) is 17.1. The van der Waals surface area contributed by atoms with Gasteiger partial charge in [0.25, 0.3) is 14.1 Å². The van der Waals surface area contributed by atoms with E-state index in [9.17, 15) is 9.59 Å². The number of thiocarbonyl (C=S) groups is 1. The van der Waals surface area contributed by atoms with Crippen LogP contribution in [-0.4, -0.2) is 77.6 Å². The molecule has 1 aromatic heterocycles. The number of rotatable bonds is 19. The molecule has 0 amide bonds. The summed E-state index contributed by atoms with van der Waals surface area (Å²) in [6.45, 7) is 10.8. The molecule has 0 radical (unpaired) electrons. The number of nitrogens with one attached hydrogen (secondary N) is 3. The maximum atomic E-state index is 13.3. The van der Waals surface area contributed by atoms with E-state index in [1.807, 2.05) is 109 Å². The Bertz CT molecular complexity index is 2220. The van der Waals surface area contributed by atoms with Crippen LogP contribution in [0.4, 0.5) is 5.69 Å². The standard InChI is InChI=1S/C46H56N5O8PS/c1-31(2)51(32(3)4)60(57-27-26-47-44(61)48-37-16-12-9-13-17-37)59-40-28-42(50-29-33(5)43(52)49-45(50)53)58-41(40)30-56-46(34-14-10-8-11-15-34,35-18-22-38(54-6)23-19-35)36-20-24-39(55-7)25-21-36/h8-25,29,31-32,40-42H,26-28,30H2,1-7H3,(H2,47,48,61)(H,49,52,53)/t40-,41+,42+,60?/m0/s1. The number of para-hydroxylation sites is 1. The second-order valence-electron chi connectivity index (χ2n) is 15.2. The number of ether oxygens (including phenoxy) is 4. The molecule has 0 spiro atoms. The Labute approximate surface area is 364 Å². The number of aromatic amines is 1. The number of hydrogen-bond donors (Lipinski definition) is 3. The van der Waals surface area contributed by atoms with Gasteiger partial charge in [0.05, 0.1) is 33.5 Å². The molecular formula is C46H56N5O8PS. The number of methoxy groups -OCH3 is 2.